The van der Waals surface area contributed by atoms with Crippen LogP contribution < -0.4 is 15.8 Å². The Hall–Kier alpha value is -1.44. The highest BCUT2D eigenvalue weighted by molar-refractivity contribution is 5.41. The molecule has 0 bridgehead atoms. The lowest BCUT2D eigenvalue weighted by Gasteiger charge is -2.18. The standard InChI is InChI=1S/C13H24N4O3/c1-16(7-9-20-3)12-10-13(18)17(15-11-12)6-4-14-5-8-19-2/h10-11,14H,4-9H2,1-3H3. The molecule has 0 atom stereocenters. The van der Waals surface area contributed by atoms with Crippen molar-refractivity contribution in [3.63, 3.8) is 0 Å². The lowest BCUT2D eigenvalue weighted by Crippen LogP contribution is -2.31. The lowest BCUT2D eigenvalue weighted by molar-refractivity contribution is 0.199. The Bertz CT molecular complexity index is 436. The Kier molecular flexibility index (Phi) is 7.86. The van der Waals surface area contributed by atoms with E-state index in [-0.39, 0.29) is 5.56 Å². The molecule has 0 aliphatic carbocycles. The Morgan fingerprint density at radius 1 is 1.30 bits per heavy atom. The summed E-state index contributed by atoms with van der Waals surface area (Å²) in [5.74, 6) is 0. The topological polar surface area (TPSA) is 68.6 Å². The molecule has 0 unspecified atom stereocenters. The van der Waals surface area contributed by atoms with Crippen LogP contribution >= 0.6 is 0 Å². The Labute approximate surface area is 119 Å². The number of hydrogen-bond donors (Lipinski definition) is 1. The predicted molar refractivity (Wildman–Crippen MR) is 78.4 cm³/mol. The quantitative estimate of drug-likeness (QED) is 0.588. The van der Waals surface area contributed by atoms with Crippen molar-refractivity contribution in [2.24, 2.45) is 0 Å². The van der Waals surface area contributed by atoms with Gasteiger partial charge in [-0.3, -0.25) is 4.79 Å². The predicted octanol–water partition coefficient (Wildman–Crippen LogP) is -0.438. The van der Waals surface area contributed by atoms with Crippen molar-refractivity contribution < 1.29 is 9.47 Å². The summed E-state index contributed by atoms with van der Waals surface area (Å²) < 4.78 is 11.4. The third-order valence-corrected chi connectivity index (χ3v) is 2.91. The van der Waals surface area contributed by atoms with Gasteiger partial charge in [0.1, 0.15) is 0 Å². The van der Waals surface area contributed by atoms with E-state index in [9.17, 15) is 4.79 Å². The number of nitrogens with zero attached hydrogens (tertiary/aromatic N) is 3. The van der Waals surface area contributed by atoms with Crippen LogP contribution in [0.5, 0.6) is 0 Å². The van der Waals surface area contributed by atoms with Gasteiger partial charge in [-0.2, -0.15) is 5.10 Å². The average Bonchev–Trinajstić information content (AvgIpc) is 2.46. The van der Waals surface area contributed by atoms with Gasteiger partial charge in [0.05, 0.1) is 31.6 Å². The number of hydrogen-bond acceptors (Lipinski definition) is 6. The molecule has 0 spiro atoms. The van der Waals surface area contributed by atoms with Gasteiger partial charge in [0, 0.05) is 47.0 Å². The number of anilines is 1. The summed E-state index contributed by atoms with van der Waals surface area (Å²) in [6.45, 7) is 4.00. The summed E-state index contributed by atoms with van der Waals surface area (Å²) in [6, 6.07) is 1.60. The molecule has 7 heteroatoms. The lowest BCUT2D eigenvalue weighted by atomic mass is 10.4. The molecule has 20 heavy (non-hydrogen) atoms. The highest BCUT2D eigenvalue weighted by atomic mass is 16.5. The Balaban J connectivity index is 2.48. The number of rotatable bonds is 10. The molecule has 0 saturated carbocycles. The van der Waals surface area contributed by atoms with E-state index in [0.717, 1.165) is 18.8 Å². The van der Waals surface area contributed by atoms with E-state index >= 15 is 0 Å². The highest BCUT2D eigenvalue weighted by Gasteiger charge is 2.04. The van der Waals surface area contributed by atoms with E-state index in [1.807, 2.05) is 11.9 Å². The number of nitrogens with one attached hydrogen (secondary N) is 1. The molecule has 7 nitrogen and oxygen atoms in total. The maximum absolute atomic E-state index is 11.9. The van der Waals surface area contributed by atoms with Gasteiger partial charge in [0.25, 0.3) is 5.56 Å². The van der Waals surface area contributed by atoms with Crippen molar-refractivity contribution in [1.82, 2.24) is 15.1 Å². The fourth-order valence-corrected chi connectivity index (χ4v) is 1.64. The number of ether oxygens (including phenoxy) is 2. The molecule has 0 aliphatic rings. The Morgan fingerprint density at radius 3 is 2.70 bits per heavy atom. The zero-order valence-corrected chi connectivity index (χ0v) is 12.5. The summed E-state index contributed by atoms with van der Waals surface area (Å²) in [5.41, 5.74) is 0.705. The molecule has 0 amide bonds. The van der Waals surface area contributed by atoms with Crippen molar-refractivity contribution >= 4 is 5.69 Å². The SMILES string of the molecule is COCCNCCn1ncc(N(C)CCOC)cc1=O. The first-order chi connectivity index (χ1) is 9.69. The number of methoxy groups -OCH3 is 2. The fraction of sp³-hybridized carbons (Fsp3) is 0.692. The first-order valence-electron chi connectivity index (χ1n) is 6.66. The van der Waals surface area contributed by atoms with Crippen LogP contribution in [0.3, 0.4) is 0 Å². The van der Waals surface area contributed by atoms with E-state index in [1.165, 1.54) is 4.68 Å². The number of likely N-dealkylation sites (N-methyl/N-ethyl adjacent to an activating group) is 1. The van der Waals surface area contributed by atoms with E-state index in [2.05, 4.69) is 10.4 Å². The van der Waals surface area contributed by atoms with Gasteiger partial charge in [-0.25, -0.2) is 4.68 Å². The first-order valence-corrected chi connectivity index (χ1v) is 6.66. The maximum atomic E-state index is 11.9. The second kappa shape index (κ2) is 9.46. The third kappa shape index (κ3) is 5.68. The summed E-state index contributed by atoms with van der Waals surface area (Å²) in [6.07, 6.45) is 1.70. The van der Waals surface area contributed by atoms with E-state index in [4.69, 9.17) is 9.47 Å². The maximum Gasteiger partial charge on any atom is 0.268 e. The molecule has 1 N–H and O–H groups in total. The third-order valence-electron chi connectivity index (χ3n) is 2.91. The molecular weight excluding hydrogens is 260 g/mol. The minimum absolute atomic E-state index is 0.0969. The van der Waals surface area contributed by atoms with Crippen molar-refractivity contribution in [2.45, 2.75) is 6.54 Å². The van der Waals surface area contributed by atoms with Crippen LogP contribution in [0.4, 0.5) is 5.69 Å². The van der Waals surface area contributed by atoms with Crippen molar-refractivity contribution in [2.75, 3.05) is 59.0 Å². The summed E-state index contributed by atoms with van der Waals surface area (Å²) in [7, 11) is 5.22. The van der Waals surface area contributed by atoms with Crippen molar-refractivity contribution in [3.05, 3.63) is 22.6 Å². The van der Waals surface area contributed by atoms with Crippen molar-refractivity contribution in [3.8, 4) is 0 Å². The minimum atomic E-state index is -0.0969. The molecule has 1 heterocycles. The Morgan fingerprint density at radius 2 is 2.05 bits per heavy atom. The van der Waals surface area contributed by atoms with Gasteiger partial charge in [-0.1, -0.05) is 0 Å². The van der Waals surface area contributed by atoms with Crippen LogP contribution in [0.2, 0.25) is 0 Å². The van der Waals surface area contributed by atoms with Crippen LogP contribution in [0.15, 0.2) is 17.1 Å². The summed E-state index contributed by atoms with van der Waals surface area (Å²) in [4.78, 5) is 13.9. The molecule has 0 fully saturated rings. The van der Waals surface area contributed by atoms with Crippen LogP contribution in [-0.4, -0.2) is 63.9 Å². The van der Waals surface area contributed by atoms with Crippen LogP contribution in [0, 0.1) is 0 Å². The average molecular weight is 284 g/mol. The first kappa shape index (κ1) is 16.6. The van der Waals surface area contributed by atoms with Crippen LogP contribution in [0.25, 0.3) is 0 Å². The normalized spacial score (nSPS) is 10.8. The van der Waals surface area contributed by atoms with Crippen molar-refractivity contribution in [1.29, 1.82) is 0 Å². The van der Waals surface area contributed by atoms with Gasteiger partial charge < -0.3 is 19.7 Å². The van der Waals surface area contributed by atoms with E-state index in [0.29, 0.717) is 26.3 Å². The number of aromatic nitrogens is 2. The molecule has 114 valence electrons. The molecule has 1 aromatic heterocycles. The zero-order valence-electron chi connectivity index (χ0n) is 12.5. The van der Waals surface area contributed by atoms with Gasteiger partial charge in [0.2, 0.25) is 0 Å². The highest BCUT2D eigenvalue weighted by Crippen LogP contribution is 2.05. The minimum Gasteiger partial charge on any atom is -0.383 e. The molecule has 0 aromatic carbocycles. The van der Waals surface area contributed by atoms with Crippen LogP contribution in [0.1, 0.15) is 0 Å². The zero-order chi connectivity index (χ0) is 14.8. The molecule has 0 aliphatic heterocycles. The fourth-order valence-electron chi connectivity index (χ4n) is 1.64. The molecule has 1 rings (SSSR count). The largest absolute Gasteiger partial charge is 0.383 e. The monoisotopic (exact) mass is 284 g/mol. The van der Waals surface area contributed by atoms with Crippen LogP contribution in [-0.2, 0) is 16.0 Å². The molecule has 0 radical (unpaired) electrons. The molecule has 1 aromatic rings. The van der Waals surface area contributed by atoms with Gasteiger partial charge in [-0.15, -0.1) is 0 Å². The smallest absolute Gasteiger partial charge is 0.268 e. The van der Waals surface area contributed by atoms with E-state index < -0.39 is 0 Å². The second-order valence-electron chi connectivity index (χ2n) is 4.43. The van der Waals surface area contributed by atoms with E-state index in [1.54, 1.807) is 26.5 Å². The molecule has 0 saturated heterocycles. The summed E-state index contributed by atoms with van der Waals surface area (Å²) in [5, 5.41) is 7.35. The van der Waals surface area contributed by atoms with Gasteiger partial charge >= 0.3 is 0 Å². The summed E-state index contributed by atoms with van der Waals surface area (Å²) >= 11 is 0. The van der Waals surface area contributed by atoms with Gasteiger partial charge in [0.15, 0.2) is 0 Å². The molecular formula is C13H24N4O3. The van der Waals surface area contributed by atoms with Gasteiger partial charge in [-0.05, 0) is 0 Å². The second-order valence-corrected chi connectivity index (χ2v) is 4.43.